The van der Waals surface area contributed by atoms with Crippen LogP contribution < -0.4 is 33.2 Å². The Morgan fingerprint density at radius 1 is 1.03 bits per heavy atom. The number of likely N-dealkylation sites (tertiary alicyclic amines) is 1. The van der Waals surface area contributed by atoms with Crippen molar-refractivity contribution in [3.05, 3.63) is 0 Å². The minimum atomic E-state index is -1.37. The lowest BCUT2D eigenvalue weighted by Gasteiger charge is -2.28. The quantitative estimate of drug-likeness (QED) is 0.0401. The Labute approximate surface area is 219 Å². The number of nitrogens with two attached hydrogens (primary N) is 3. The number of hydrogen-bond acceptors (Lipinski definition) is 9. The smallest absolute Gasteiger partial charge is 0.303 e. The molecule has 1 rings (SSSR count). The number of aliphatic carboxylic acids is 1. The van der Waals surface area contributed by atoms with E-state index >= 15 is 0 Å². The van der Waals surface area contributed by atoms with Gasteiger partial charge in [-0.25, -0.2) is 0 Å². The minimum absolute atomic E-state index is 0.00570. The van der Waals surface area contributed by atoms with E-state index in [1.807, 2.05) is 0 Å². The van der Waals surface area contributed by atoms with Crippen LogP contribution in [0.2, 0.25) is 0 Å². The molecule has 1 heterocycles. The highest BCUT2D eigenvalue weighted by molar-refractivity contribution is 5.95. The third-order valence-electron chi connectivity index (χ3n) is 5.81. The van der Waals surface area contributed by atoms with Crippen molar-refractivity contribution in [3.8, 4) is 0 Å². The van der Waals surface area contributed by atoms with Crippen LogP contribution in [0.5, 0.6) is 0 Å². The van der Waals surface area contributed by atoms with Gasteiger partial charge in [0.2, 0.25) is 23.6 Å². The van der Waals surface area contributed by atoms with Gasteiger partial charge in [0, 0.05) is 19.5 Å². The largest absolute Gasteiger partial charge is 0.481 e. The first-order chi connectivity index (χ1) is 17.9. The maximum absolute atomic E-state index is 13.1. The molecule has 16 heteroatoms. The monoisotopic (exact) mass is 542 g/mol. The van der Waals surface area contributed by atoms with Crippen LogP contribution in [0.1, 0.15) is 45.4 Å². The molecule has 214 valence electrons. The van der Waals surface area contributed by atoms with Gasteiger partial charge in [-0.2, -0.15) is 0 Å². The predicted molar refractivity (Wildman–Crippen MR) is 134 cm³/mol. The molecule has 0 saturated carbocycles. The van der Waals surface area contributed by atoms with Gasteiger partial charge in [-0.15, -0.1) is 0 Å². The summed E-state index contributed by atoms with van der Waals surface area (Å²) in [4.78, 5) is 78.4. The van der Waals surface area contributed by atoms with Crippen LogP contribution in [0.15, 0.2) is 4.99 Å². The number of aldehydes is 1. The number of carboxylic acids is 1. The zero-order chi connectivity index (χ0) is 28.8. The highest BCUT2D eigenvalue weighted by atomic mass is 16.4. The van der Waals surface area contributed by atoms with Gasteiger partial charge in [0.1, 0.15) is 24.4 Å². The van der Waals surface area contributed by atoms with E-state index < -0.39 is 72.8 Å². The molecule has 1 aliphatic rings. The Bertz CT molecular complexity index is 893. The van der Waals surface area contributed by atoms with Crippen molar-refractivity contribution in [3.63, 3.8) is 0 Å². The first-order valence-corrected chi connectivity index (χ1v) is 12.2. The van der Waals surface area contributed by atoms with Crippen LogP contribution in [0.3, 0.4) is 0 Å². The van der Waals surface area contributed by atoms with E-state index in [9.17, 15) is 33.9 Å². The molecular formula is C22H38N8O8. The maximum Gasteiger partial charge on any atom is 0.303 e. The molecule has 0 aromatic heterocycles. The molecule has 1 aliphatic heterocycles. The van der Waals surface area contributed by atoms with Gasteiger partial charge in [-0.1, -0.05) is 0 Å². The molecule has 16 nitrogen and oxygen atoms in total. The lowest BCUT2D eigenvalue weighted by molar-refractivity contribution is -0.140. The third-order valence-corrected chi connectivity index (χ3v) is 5.81. The molecule has 0 radical (unpaired) electrons. The van der Waals surface area contributed by atoms with E-state index in [0.29, 0.717) is 19.1 Å². The fourth-order valence-corrected chi connectivity index (χ4v) is 3.75. The Hall–Kier alpha value is -3.79. The van der Waals surface area contributed by atoms with Crippen molar-refractivity contribution in [1.82, 2.24) is 20.9 Å². The van der Waals surface area contributed by atoms with Crippen LogP contribution in [0.4, 0.5) is 0 Å². The van der Waals surface area contributed by atoms with Gasteiger partial charge in [-0.3, -0.25) is 29.0 Å². The standard InChI is InChI=1S/C22H38N8O8/c1-12(23)18(35)27-15(6-7-17(33)34)20(37)28-14(5-2-8-26-22(24)25)19(36)29-16(11-32)21(38)30-9-3-4-13(30)10-31/h10,12-16,32H,2-9,11,23H2,1H3,(H,27,35)(H,28,37)(H,29,36)(H,33,34)(H4,24,25,26)/t12-,13-,14-,15-,16-/m0/s1. The number of carbonyl (C=O) groups is 6. The third kappa shape index (κ3) is 10.7. The second-order valence-corrected chi connectivity index (χ2v) is 8.91. The second kappa shape index (κ2) is 16.1. The summed E-state index contributed by atoms with van der Waals surface area (Å²) in [6.45, 7) is 1.02. The van der Waals surface area contributed by atoms with Crippen LogP contribution in [-0.2, 0) is 28.8 Å². The number of guanidine groups is 1. The molecule has 0 spiro atoms. The molecule has 4 amide bonds. The van der Waals surface area contributed by atoms with E-state index in [1.54, 1.807) is 0 Å². The Balaban J connectivity index is 3.05. The molecule has 0 aromatic rings. The summed E-state index contributed by atoms with van der Waals surface area (Å²) in [5.74, 6) is -4.41. The summed E-state index contributed by atoms with van der Waals surface area (Å²) in [7, 11) is 0. The van der Waals surface area contributed by atoms with E-state index in [2.05, 4.69) is 20.9 Å². The van der Waals surface area contributed by atoms with Crippen molar-refractivity contribution in [2.45, 2.75) is 75.7 Å². The number of rotatable bonds is 16. The Morgan fingerprint density at radius 3 is 2.13 bits per heavy atom. The van der Waals surface area contributed by atoms with Crippen molar-refractivity contribution in [1.29, 1.82) is 0 Å². The Kier molecular flexibility index (Phi) is 13.7. The number of carbonyl (C=O) groups excluding carboxylic acids is 5. The molecule has 11 N–H and O–H groups in total. The SMILES string of the molecule is C[C@H](N)C(=O)N[C@@H](CCC(=O)O)C(=O)N[C@@H](CCCN=C(N)N)C(=O)N[C@@H](CO)C(=O)N1CCC[C@H]1C=O. The number of hydrogen-bond donors (Lipinski definition) is 8. The first-order valence-electron chi connectivity index (χ1n) is 12.2. The number of nitrogens with zero attached hydrogens (tertiary/aromatic N) is 2. The van der Waals surface area contributed by atoms with E-state index in [-0.39, 0.29) is 38.3 Å². The highest BCUT2D eigenvalue weighted by Gasteiger charge is 2.35. The van der Waals surface area contributed by atoms with Crippen LogP contribution >= 0.6 is 0 Å². The normalized spacial score (nSPS) is 17.9. The molecule has 0 bridgehead atoms. The van der Waals surface area contributed by atoms with Crippen LogP contribution in [-0.4, -0.2) is 107 Å². The summed E-state index contributed by atoms with van der Waals surface area (Å²) in [6, 6.07) is -5.59. The predicted octanol–water partition coefficient (Wildman–Crippen LogP) is -4.11. The highest BCUT2D eigenvalue weighted by Crippen LogP contribution is 2.16. The Morgan fingerprint density at radius 2 is 1.61 bits per heavy atom. The maximum atomic E-state index is 13.1. The molecule has 0 aromatic carbocycles. The number of nitrogens with one attached hydrogen (secondary N) is 3. The fraction of sp³-hybridized carbons (Fsp3) is 0.682. The van der Waals surface area contributed by atoms with Gasteiger partial charge in [0.15, 0.2) is 5.96 Å². The van der Waals surface area contributed by atoms with Gasteiger partial charge in [0.25, 0.3) is 0 Å². The number of aliphatic imine (C=N–C) groups is 1. The molecule has 38 heavy (non-hydrogen) atoms. The molecule has 1 saturated heterocycles. The zero-order valence-corrected chi connectivity index (χ0v) is 21.3. The summed E-state index contributed by atoms with van der Waals surface area (Å²) < 4.78 is 0. The number of aliphatic hydroxyl groups excluding tert-OH is 1. The van der Waals surface area contributed by atoms with Crippen LogP contribution in [0.25, 0.3) is 0 Å². The van der Waals surface area contributed by atoms with Crippen LogP contribution in [0, 0.1) is 0 Å². The van der Waals surface area contributed by atoms with Crippen molar-refractivity contribution in [2.24, 2.45) is 22.2 Å². The number of carboxylic acid groups (broad SMARTS) is 1. The first kappa shape index (κ1) is 32.2. The summed E-state index contributed by atoms with van der Waals surface area (Å²) in [5, 5.41) is 26.0. The van der Waals surface area contributed by atoms with E-state index in [4.69, 9.17) is 22.3 Å². The van der Waals surface area contributed by atoms with Crippen molar-refractivity contribution < 1.29 is 39.0 Å². The summed E-state index contributed by atoms with van der Waals surface area (Å²) in [5.41, 5.74) is 16.1. The van der Waals surface area contributed by atoms with E-state index in [0.717, 1.165) is 0 Å². The van der Waals surface area contributed by atoms with Gasteiger partial charge < -0.3 is 53.1 Å². The van der Waals surface area contributed by atoms with Gasteiger partial charge in [-0.05, 0) is 39.0 Å². The molecular weight excluding hydrogens is 504 g/mol. The molecule has 0 aliphatic carbocycles. The topological polar surface area (TPSA) is 273 Å². The lowest BCUT2D eigenvalue weighted by atomic mass is 10.1. The zero-order valence-electron chi connectivity index (χ0n) is 21.3. The molecule has 1 fully saturated rings. The number of aliphatic hydroxyl groups is 1. The average Bonchev–Trinajstić information content (AvgIpc) is 3.34. The average molecular weight is 543 g/mol. The number of amides is 4. The molecule has 0 unspecified atom stereocenters. The fourth-order valence-electron chi connectivity index (χ4n) is 3.75. The van der Waals surface area contributed by atoms with Gasteiger partial charge in [0.05, 0.1) is 18.7 Å². The lowest BCUT2D eigenvalue weighted by Crippen LogP contribution is -2.58. The van der Waals surface area contributed by atoms with Crippen molar-refractivity contribution in [2.75, 3.05) is 19.7 Å². The van der Waals surface area contributed by atoms with Crippen molar-refractivity contribution >= 4 is 41.8 Å². The summed E-state index contributed by atoms with van der Waals surface area (Å²) in [6.07, 6.45) is 1.18. The minimum Gasteiger partial charge on any atom is -0.481 e. The second-order valence-electron chi connectivity index (χ2n) is 8.91. The summed E-state index contributed by atoms with van der Waals surface area (Å²) >= 11 is 0. The van der Waals surface area contributed by atoms with E-state index in [1.165, 1.54) is 11.8 Å². The van der Waals surface area contributed by atoms with Gasteiger partial charge >= 0.3 is 5.97 Å². The molecule has 5 atom stereocenters.